The molecule has 0 radical (unpaired) electrons. The average molecular weight is 346 g/mol. The molecule has 0 aliphatic heterocycles. The Balaban J connectivity index is 1.80. The Morgan fingerprint density at radius 1 is 1.24 bits per heavy atom. The van der Waals surface area contributed by atoms with Crippen molar-refractivity contribution in [3.05, 3.63) is 63.6 Å². The summed E-state index contributed by atoms with van der Waals surface area (Å²) in [6.07, 6.45) is 3.06. The summed E-state index contributed by atoms with van der Waals surface area (Å²) < 4.78 is 1.11. The van der Waals surface area contributed by atoms with Crippen molar-refractivity contribution >= 4 is 15.9 Å². The lowest BCUT2D eigenvalue weighted by atomic mass is 10.0. The molecule has 3 heteroatoms. The molecule has 0 spiro atoms. The molecule has 0 bridgehead atoms. The molecule has 0 heterocycles. The smallest absolute Gasteiger partial charge is 0.119 e. The maximum Gasteiger partial charge on any atom is 0.119 e. The molecule has 0 saturated carbocycles. The van der Waals surface area contributed by atoms with Crippen molar-refractivity contribution in [3.63, 3.8) is 0 Å². The maximum atomic E-state index is 9.96. The number of aromatic hydroxyl groups is 1. The molecule has 0 saturated heterocycles. The number of rotatable bonds is 4. The highest BCUT2D eigenvalue weighted by Crippen LogP contribution is 2.38. The molecule has 2 N–H and O–H groups in total. The Bertz CT molecular complexity index is 624. The summed E-state index contributed by atoms with van der Waals surface area (Å²) in [7, 11) is 0. The van der Waals surface area contributed by atoms with Crippen LogP contribution in [0, 0.1) is 0 Å². The Kier molecular flexibility index (Phi) is 4.32. The van der Waals surface area contributed by atoms with E-state index in [1.807, 2.05) is 6.07 Å². The quantitative estimate of drug-likeness (QED) is 0.827. The number of nitrogens with one attached hydrogen (secondary N) is 1. The summed E-state index contributed by atoms with van der Waals surface area (Å²) >= 11 is 3.49. The molecule has 2 nitrogen and oxygen atoms in total. The van der Waals surface area contributed by atoms with Crippen LogP contribution in [0.1, 0.15) is 48.5 Å². The van der Waals surface area contributed by atoms with Crippen LogP contribution in [0.3, 0.4) is 0 Å². The molecule has 2 atom stereocenters. The summed E-state index contributed by atoms with van der Waals surface area (Å²) in [5.41, 5.74) is 3.68. The Hall–Kier alpha value is -1.32. The van der Waals surface area contributed by atoms with Crippen molar-refractivity contribution in [2.45, 2.75) is 38.3 Å². The molecular formula is C18H20BrNO. The second-order valence-corrected chi connectivity index (χ2v) is 6.53. The SMILES string of the molecule is CCC(NC1CCc2c(O)cccc21)c1ccc(Br)cc1. The van der Waals surface area contributed by atoms with Gasteiger partial charge in [-0.3, -0.25) is 0 Å². The lowest BCUT2D eigenvalue weighted by Gasteiger charge is -2.23. The molecule has 1 aliphatic carbocycles. The van der Waals surface area contributed by atoms with Crippen LogP contribution in [-0.2, 0) is 6.42 Å². The van der Waals surface area contributed by atoms with E-state index in [-0.39, 0.29) is 0 Å². The first-order valence-corrected chi connectivity index (χ1v) is 8.30. The van der Waals surface area contributed by atoms with E-state index in [4.69, 9.17) is 0 Å². The second kappa shape index (κ2) is 6.20. The van der Waals surface area contributed by atoms with Crippen LogP contribution in [0.4, 0.5) is 0 Å². The molecule has 3 rings (SSSR count). The van der Waals surface area contributed by atoms with Crippen molar-refractivity contribution < 1.29 is 5.11 Å². The fourth-order valence-corrected chi connectivity index (χ4v) is 3.46. The van der Waals surface area contributed by atoms with E-state index in [1.54, 1.807) is 6.07 Å². The predicted molar refractivity (Wildman–Crippen MR) is 89.5 cm³/mol. The third kappa shape index (κ3) is 2.99. The number of benzene rings is 2. The number of hydrogen-bond donors (Lipinski definition) is 2. The Morgan fingerprint density at radius 3 is 2.71 bits per heavy atom. The lowest BCUT2D eigenvalue weighted by molar-refractivity contribution is 0.433. The molecule has 2 unspecified atom stereocenters. The van der Waals surface area contributed by atoms with Crippen LogP contribution >= 0.6 is 15.9 Å². The standard InChI is InChI=1S/C18H20BrNO/c1-2-16(12-6-8-13(19)9-7-12)20-17-11-10-15-14(17)4-3-5-18(15)21/h3-9,16-17,20-21H,2,10-11H2,1H3. The molecule has 0 amide bonds. The third-order valence-electron chi connectivity index (χ3n) is 4.33. The van der Waals surface area contributed by atoms with Gasteiger partial charge in [-0.15, -0.1) is 0 Å². The number of phenolic OH excluding ortho intramolecular Hbond substituents is 1. The van der Waals surface area contributed by atoms with E-state index in [2.05, 4.69) is 58.5 Å². The van der Waals surface area contributed by atoms with Crippen molar-refractivity contribution in [2.24, 2.45) is 0 Å². The highest BCUT2D eigenvalue weighted by atomic mass is 79.9. The van der Waals surface area contributed by atoms with E-state index in [1.165, 1.54) is 11.1 Å². The van der Waals surface area contributed by atoms with Crippen LogP contribution in [0.25, 0.3) is 0 Å². The van der Waals surface area contributed by atoms with Gasteiger partial charge in [0.1, 0.15) is 5.75 Å². The molecule has 0 fully saturated rings. The first kappa shape index (κ1) is 14.6. The van der Waals surface area contributed by atoms with Crippen LogP contribution in [-0.4, -0.2) is 5.11 Å². The van der Waals surface area contributed by atoms with Gasteiger partial charge in [-0.05, 0) is 54.2 Å². The number of halogens is 1. The van der Waals surface area contributed by atoms with Gasteiger partial charge in [0.05, 0.1) is 0 Å². The molecule has 21 heavy (non-hydrogen) atoms. The summed E-state index contributed by atoms with van der Waals surface area (Å²) in [6.45, 7) is 2.21. The summed E-state index contributed by atoms with van der Waals surface area (Å²) in [6, 6.07) is 15.1. The van der Waals surface area contributed by atoms with Crippen LogP contribution in [0.15, 0.2) is 46.9 Å². The molecule has 2 aromatic rings. The monoisotopic (exact) mass is 345 g/mol. The third-order valence-corrected chi connectivity index (χ3v) is 4.86. The zero-order valence-corrected chi connectivity index (χ0v) is 13.7. The first-order valence-electron chi connectivity index (χ1n) is 7.51. The van der Waals surface area contributed by atoms with Gasteiger partial charge in [0.25, 0.3) is 0 Å². The second-order valence-electron chi connectivity index (χ2n) is 5.62. The zero-order chi connectivity index (χ0) is 14.8. The largest absolute Gasteiger partial charge is 0.508 e. The minimum atomic E-state index is 0.334. The highest BCUT2D eigenvalue weighted by Gasteiger charge is 2.26. The molecule has 1 aliphatic rings. The van der Waals surface area contributed by atoms with Gasteiger partial charge in [-0.1, -0.05) is 47.1 Å². The maximum absolute atomic E-state index is 9.96. The van der Waals surface area contributed by atoms with Crippen molar-refractivity contribution in [3.8, 4) is 5.75 Å². The van der Waals surface area contributed by atoms with Gasteiger partial charge in [0.2, 0.25) is 0 Å². The minimum Gasteiger partial charge on any atom is -0.508 e. The van der Waals surface area contributed by atoms with Crippen molar-refractivity contribution in [1.29, 1.82) is 0 Å². The summed E-state index contributed by atoms with van der Waals surface area (Å²) in [5.74, 6) is 0.438. The number of phenols is 1. The zero-order valence-electron chi connectivity index (χ0n) is 12.1. The van der Waals surface area contributed by atoms with Crippen molar-refractivity contribution in [1.82, 2.24) is 5.32 Å². The molecule has 0 aromatic heterocycles. The van der Waals surface area contributed by atoms with Gasteiger partial charge in [-0.25, -0.2) is 0 Å². The van der Waals surface area contributed by atoms with Gasteiger partial charge < -0.3 is 10.4 Å². The van der Waals surface area contributed by atoms with E-state index >= 15 is 0 Å². The normalized spacial score (nSPS) is 18.5. The summed E-state index contributed by atoms with van der Waals surface area (Å²) in [5, 5.41) is 13.7. The Labute approximate surface area is 134 Å². The molecule has 2 aromatic carbocycles. The van der Waals surface area contributed by atoms with E-state index in [9.17, 15) is 5.11 Å². The number of hydrogen-bond acceptors (Lipinski definition) is 2. The minimum absolute atomic E-state index is 0.334. The van der Waals surface area contributed by atoms with Gasteiger partial charge >= 0.3 is 0 Å². The van der Waals surface area contributed by atoms with Crippen LogP contribution < -0.4 is 5.32 Å². The van der Waals surface area contributed by atoms with Crippen LogP contribution in [0.2, 0.25) is 0 Å². The van der Waals surface area contributed by atoms with Gasteiger partial charge in [0.15, 0.2) is 0 Å². The fraction of sp³-hybridized carbons (Fsp3) is 0.333. The molecule has 110 valence electrons. The predicted octanol–water partition coefficient (Wildman–Crippen LogP) is 4.88. The van der Waals surface area contributed by atoms with E-state index < -0.39 is 0 Å². The Morgan fingerprint density at radius 2 is 2.00 bits per heavy atom. The van der Waals surface area contributed by atoms with Gasteiger partial charge in [0, 0.05) is 16.6 Å². The summed E-state index contributed by atoms with van der Waals surface area (Å²) in [4.78, 5) is 0. The van der Waals surface area contributed by atoms with Crippen molar-refractivity contribution in [2.75, 3.05) is 0 Å². The molecular weight excluding hydrogens is 326 g/mol. The van der Waals surface area contributed by atoms with Crippen LogP contribution in [0.5, 0.6) is 5.75 Å². The topological polar surface area (TPSA) is 32.3 Å². The van der Waals surface area contributed by atoms with Gasteiger partial charge in [-0.2, -0.15) is 0 Å². The number of fused-ring (bicyclic) bond motifs is 1. The lowest BCUT2D eigenvalue weighted by Crippen LogP contribution is -2.24. The van der Waals surface area contributed by atoms with E-state index in [0.717, 1.165) is 29.3 Å². The fourth-order valence-electron chi connectivity index (χ4n) is 3.20. The highest BCUT2D eigenvalue weighted by molar-refractivity contribution is 9.10. The average Bonchev–Trinajstić information content (AvgIpc) is 2.90. The van der Waals surface area contributed by atoms with E-state index in [0.29, 0.717) is 17.8 Å². The first-order chi connectivity index (χ1) is 10.2.